The van der Waals surface area contributed by atoms with E-state index >= 15 is 0 Å². The predicted octanol–water partition coefficient (Wildman–Crippen LogP) is 2.21. The van der Waals surface area contributed by atoms with Crippen LogP contribution in [0.1, 0.15) is 25.3 Å². The van der Waals surface area contributed by atoms with E-state index < -0.39 is 0 Å². The van der Waals surface area contributed by atoms with Crippen LogP contribution in [-0.2, 0) is 0 Å². The molecule has 0 bridgehead atoms. The maximum Gasteiger partial charge on any atom is 0.279 e. The third kappa shape index (κ3) is 1.83. The first kappa shape index (κ1) is 11.6. The van der Waals surface area contributed by atoms with E-state index in [-0.39, 0.29) is 11.5 Å². The molecule has 0 saturated carbocycles. The number of rotatable bonds is 2. The fourth-order valence-electron chi connectivity index (χ4n) is 2.24. The highest BCUT2D eigenvalue weighted by Crippen LogP contribution is 2.24. The molecule has 2 heterocycles. The van der Waals surface area contributed by atoms with Crippen molar-refractivity contribution in [1.29, 1.82) is 0 Å². The molecule has 1 aromatic carbocycles. The number of H-pyrrole nitrogens is 1. The first-order valence-electron chi connectivity index (χ1n) is 6.20. The number of hydrogen-bond acceptors (Lipinski definition) is 3. The summed E-state index contributed by atoms with van der Waals surface area (Å²) in [6.45, 7) is 4.00. The lowest BCUT2D eigenvalue weighted by atomic mass is 9.98. The SMILES string of the molecule is CC(C)c1c(-c2ccccc2)[nH]c2ncnn2c1=O. The summed E-state index contributed by atoms with van der Waals surface area (Å²) in [5.41, 5.74) is 2.42. The standard InChI is InChI=1S/C14H14N4O/c1-9(2)11-12(10-6-4-3-5-7-10)17-14-15-8-16-18(14)13(11)19/h3-9H,1-2H3,(H,15,16,17). The van der Waals surface area contributed by atoms with Crippen LogP contribution >= 0.6 is 0 Å². The van der Waals surface area contributed by atoms with Gasteiger partial charge in [0.05, 0.1) is 5.69 Å². The van der Waals surface area contributed by atoms with Gasteiger partial charge in [-0.2, -0.15) is 14.6 Å². The summed E-state index contributed by atoms with van der Waals surface area (Å²) in [5, 5.41) is 3.96. The van der Waals surface area contributed by atoms with Gasteiger partial charge >= 0.3 is 0 Å². The quantitative estimate of drug-likeness (QED) is 0.762. The highest BCUT2D eigenvalue weighted by atomic mass is 16.1. The van der Waals surface area contributed by atoms with Crippen LogP contribution in [0.4, 0.5) is 0 Å². The normalized spacial score (nSPS) is 11.3. The first-order valence-corrected chi connectivity index (χ1v) is 6.20. The molecule has 0 aliphatic heterocycles. The molecule has 2 aromatic heterocycles. The Balaban J connectivity index is 2.40. The van der Waals surface area contributed by atoms with E-state index in [1.807, 2.05) is 44.2 Å². The number of hydrogen-bond donors (Lipinski definition) is 1. The van der Waals surface area contributed by atoms with Crippen LogP contribution in [0, 0.1) is 0 Å². The van der Waals surface area contributed by atoms with Gasteiger partial charge in [-0.15, -0.1) is 0 Å². The zero-order chi connectivity index (χ0) is 13.4. The molecule has 5 nitrogen and oxygen atoms in total. The van der Waals surface area contributed by atoms with E-state index in [2.05, 4.69) is 15.1 Å². The van der Waals surface area contributed by atoms with Crippen molar-refractivity contribution in [2.24, 2.45) is 0 Å². The van der Waals surface area contributed by atoms with Crippen LogP contribution in [0.3, 0.4) is 0 Å². The van der Waals surface area contributed by atoms with E-state index in [1.165, 1.54) is 10.8 Å². The molecule has 5 heteroatoms. The van der Waals surface area contributed by atoms with Crippen LogP contribution in [0.25, 0.3) is 17.0 Å². The predicted molar refractivity (Wildman–Crippen MR) is 73.1 cm³/mol. The summed E-state index contributed by atoms with van der Waals surface area (Å²) in [6.07, 6.45) is 1.38. The minimum atomic E-state index is -0.111. The second kappa shape index (κ2) is 4.35. The van der Waals surface area contributed by atoms with Crippen LogP contribution < -0.4 is 5.56 Å². The largest absolute Gasteiger partial charge is 0.323 e. The van der Waals surface area contributed by atoms with E-state index in [9.17, 15) is 4.79 Å². The van der Waals surface area contributed by atoms with Crippen LogP contribution in [-0.4, -0.2) is 19.6 Å². The Morgan fingerprint density at radius 2 is 1.95 bits per heavy atom. The van der Waals surface area contributed by atoms with Crippen molar-refractivity contribution >= 4 is 5.78 Å². The molecule has 0 unspecified atom stereocenters. The molecule has 3 aromatic rings. The third-order valence-electron chi connectivity index (χ3n) is 3.12. The summed E-state index contributed by atoms with van der Waals surface area (Å²) in [4.78, 5) is 19.7. The van der Waals surface area contributed by atoms with Crippen molar-refractivity contribution in [2.45, 2.75) is 19.8 Å². The molecule has 0 aliphatic rings. The second-order valence-electron chi connectivity index (χ2n) is 4.74. The fourth-order valence-corrected chi connectivity index (χ4v) is 2.24. The minimum Gasteiger partial charge on any atom is -0.323 e. The molecule has 0 fully saturated rings. The molecule has 0 saturated heterocycles. The van der Waals surface area contributed by atoms with Crippen molar-refractivity contribution in [3.63, 3.8) is 0 Å². The lowest BCUT2D eigenvalue weighted by Crippen LogP contribution is -2.22. The number of benzene rings is 1. The molecule has 0 spiro atoms. The lowest BCUT2D eigenvalue weighted by Gasteiger charge is -2.12. The molecule has 1 N–H and O–H groups in total. The van der Waals surface area contributed by atoms with E-state index in [4.69, 9.17) is 0 Å². The van der Waals surface area contributed by atoms with Gasteiger partial charge < -0.3 is 4.98 Å². The minimum absolute atomic E-state index is 0.104. The average Bonchev–Trinajstić information content (AvgIpc) is 2.87. The molecule has 3 rings (SSSR count). The Labute approximate surface area is 109 Å². The smallest absolute Gasteiger partial charge is 0.279 e. The van der Waals surface area contributed by atoms with Gasteiger partial charge in [-0.3, -0.25) is 4.79 Å². The van der Waals surface area contributed by atoms with Gasteiger partial charge in [-0.05, 0) is 11.5 Å². The van der Waals surface area contributed by atoms with Crippen molar-refractivity contribution in [2.75, 3.05) is 0 Å². The Kier molecular flexibility index (Phi) is 2.67. The summed E-state index contributed by atoms with van der Waals surface area (Å²) in [7, 11) is 0. The van der Waals surface area contributed by atoms with E-state index in [0.29, 0.717) is 5.78 Å². The summed E-state index contributed by atoms with van der Waals surface area (Å²) < 4.78 is 1.31. The van der Waals surface area contributed by atoms with Crippen molar-refractivity contribution in [1.82, 2.24) is 19.6 Å². The van der Waals surface area contributed by atoms with Gasteiger partial charge in [0.25, 0.3) is 5.56 Å². The van der Waals surface area contributed by atoms with Crippen molar-refractivity contribution < 1.29 is 0 Å². The van der Waals surface area contributed by atoms with Crippen LogP contribution in [0.5, 0.6) is 0 Å². The van der Waals surface area contributed by atoms with Gasteiger partial charge in [-0.1, -0.05) is 44.2 Å². The Morgan fingerprint density at radius 1 is 1.21 bits per heavy atom. The summed E-state index contributed by atoms with van der Waals surface area (Å²) in [5.74, 6) is 0.570. The highest BCUT2D eigenvalue weighted by molar-refractivity contribution is 5.64. The number of nitrogens with zero attached hydrogens (tertiary/aromatic N) is 3. The third-order valence-corrected chi connectivity index (χ3v) is 3.12. The van der Waals surface area contributed by atoms with Gasteiger partial charge in [-0.25, -0.2) is 0 Å². The highest BCUT2D eigenvalue weighted by Gasteiger charge is 2.17. The van der Waals surface area contributed by atoms with Crippen molar-refractivity contribution in [3.8, 4) is 11.3 Å². The molecule has 0 aliphatic carbocycles. The molecule has 0 radical (unpaired) electrons. The van der Waals surface area contributed by atoms with Crippen LogP contribution in [0.2, 0.25) is 0 Å². The van der Waals surface area contributed by atoms with Gasteiger partial charge in [0.1, 0.15) is 6.33 Å². The first-order chi connectivity index (χ1) is 9.18. The Morgan fingerprint density at radius 3 is 2.63 bits per heavy atom. The lowest BCUT2D eigenvalue weighted by molar-refractivity contribution is 0.797. The molecule has 96 valence electrons. The maximum absolute atomic E-state index is 12.5. The fraction of sp³-hybridized carbons (Fsp3) is 0.214. The number of aromatic amines is 1. The summed E-state index contributed by atoms with van der Waals surface area (Å²) >= 11 is 0. The van der Waals surface area contributed by atoms with Gasteiger partial charge in [0, 0.05) is 5.56 Å². The molecule has 0 atom stereocenters. The number of nitrogens with one attached hydrogen (secondary N) is 1. The topological polar surface area (TPSA) is 63.1 Å². The van der Waals surface area contributed by atoms with Crippen LogP contribution in [0.15, 0.2) is 41.5 Å². The zero-order valence-electron chi connectivity index (χ0n) is 10.8. The molecule has 19 heavy (non-hydrogen) atoms. The van der Waals surface area contributed by atoms with Gasteiger partial charge in [0.2, 0.25) is 5.78 Å². The Bertz CT molecular complexity index is 771. The Hall–Kier alpha value is -2.43. The zero-order valence-corrected chi connectivity index (χ0v) is 10.8. The maximum atomic E-state index is 12.5. The molecule has 0 amide bonds. The van der Waals surface area contributed by atoms with Crippen molar-refractivity contribution in [3.05, 3.63) is 52.6 Å². The molecular weight excluding hydrogens is 240 g/mol. The number of fused-ring (bicyclic) bond motifs is 1. The van der Waals surface area contributed by atoms with E-state index in [1.54, 1.807) is 0 Å². The second-order valence-corrected chi connectivity index (χ2v) is 4.74. The van der Waals surface area contributed by atoms with E-state index in [0.717, 1.165) is 16.8 Å². The van der Waals surface area contributed by atoms with Gasteiger partial charge in [0.15, 0.2) is 0 Å². The average molecular weight is 254 g/mol. The monoisotopic (exact) mass is 254 g/mol. The summed E-state index contributed by atoms with van der Waals surface area (Å²) in [6, 6.07) is 9.80. The number of aromatic nitrogens is 4. The molecular formula is C14H14N4O.